The van der Waals surface area contributed by atoms with E-state index in [-0.39, 0.29) is 30.2 Å². The van der Waals surface area contributed by atoms with Crippen LogP contribution in [0.25, 0.3) is 11.5 Å². The maximum Gasteiger partial charge on any atom is 0.295 e. The number of halogens is 1. The molecule has 1 aliphatic rings. The second-order valence-corrected chi connectivity index (χ2v) is 6.17. The summed E-state index contributed by atoms with van der Waals surface area (Å²) in [6.45, 7) is 3.29. The normalized spacial score (nSPS) is 20.0. The van der Waals surface area contributed by atoms with Crippen LogP contribution in [-0.2, 0) is 0 Å². The molecule has 1 fully saturated rings. The van der Waals surface area contributed by atoms with Gasteiger partial charge in [-0.1, -0.05) is 18.1 Å². The van der Waals surface area contributed by atoms with Crippen LogP contribution in [0.3, 0.4) is 0 Å². The largest absolute Gasteiger partial charge is 0.497 e. The van der Waals surface area contributed by atoms with Crippen LogP contribution in [0.1, 0.15) is 30.4 Å². The molecule has 0 radical (unpaired) electrons. The first-order chi connectivity index (χ1) is 11.6. The van der Waals surface area contributed by atoms with Gasteiger partial charge in [0.1, 0.15) is 5.75 Å². The van der Waals surface area contributed by atoms with E-state index < -0.39 is 0 Å². The van der Waals surface area contributed by atoms with Gasteiger partial charge >= 0.3 is 0 Å². The molecule has 1 aromatic heterocycles. The Morgan fingerprint density at radius 3 is 3.00 bits per heavy atom. The predicted molar refractivity (Wildman–Crippen MR) is 95.8 cm³/mol. The smallest absolute Gasteiger partial charge is 0.295 e. The first-order valence-corrected chi connectivity index (χ1v) is 8.11. The SMILES string of the molecule is COc1cccc(-c2nc(C(=O)N3CCC(C)CC3CN)no2)c1.Cl. The fourth-order valence-electron chi connectivity index (χ4n) is 3.05. The highest BCUT2D eigenvalue weighted by molar-refractivity contribution is 5.91. The molecule has 2 heterocycles. The molecule has 2 unspecified atom stereocenters. The van der Waals surface area contributed by atoms with Gasteiger partial charge in [-0.15, -0.1) is 12.4 Å². The number of piperidine rings is 1. The first kappa shape index (κ1) is 19.2. The molecule has 0 saturated carbocycles. The Kier molecular flexibility index (Phi) is 6.39. The van der Waals surface area contributed by atoms with Gasteiger partial charge < -0.3 is 19.9 Å². The summed E-state index contributed by atoms with van der Waals surface area (Å²) in [6.07, 6.45) is 1.87. The average molecular weight is 367 g/mol. The zero-order chi connectivity index (χ0) is 17.1. The molecular formula is C17H23ClN4O3. The molecule has 0 aliphatic carbocycles. The van der Waals surface area contributed by atoms with Crippen molar-refractivity contribution in [3.8, 4) is 17.2 Å². The molecule has 2 aromatic rings. The van der Waals surface area contributed by atoms with Crippen LogP contribution < -0.4 is 10.5 Å². The number of likely N-dealkylation sites (tertiary alicyclic amines) is 1. The van der Waals surface area contributed by atoms with Gasteiger partial charge in [-0.25, -0.2) is 0 Å². The summed E-state index contributed by atoms with van der Waals surface area (Å²) >= 11 is 0. The van der Waals surface area contributed by atoms with Crippen LogP contribution in [0.15, 0.2) is 28.8 Å². The molecule has 1 aromatic carbocycles. The number of ether oxygens (including phenoxy) is 1. The molecule has 7 nitrogen and oxygen atoms in total. The number of nitrogens with zero attached hydrogens (tertiary/aromatic N) is 3. The third-order valence-electron chi connectivity index (χ3n) is 4.44. The minimum atomic E-state index is -0.227. The van der Waals surface area contributed by atoms with Crippen molar-refractivity contribution in [1.29, 1.82) is 0 Å². The predicted octanol–water partition coefficient (Wildman–Crippen LogP) is 2.37. The van der Waals surface area contributed by atoms with Gasteiger partial charge in [0.15, 0.2) is 0 Å². The summed E-state index contributed by atoms with van der Waals surface area (Å²) in [5.74, 6) is 1.40. The van der Waals surface area contributed by atoms with Crippen molar-refractivity contribution in [3.05, 3.63) is 30.1 Å². The van der Waals surface area contributed by atoms with E-state index in [0.29, 0.717) is 36.2 Å². The van der Waals surface area contributed by atoms with Crippen LogP contribution >= 0.6 is 12.4 Å². The third-order valence-corrected chi connectivity index (χ3v) is 4.44. The third kappa shape index (κ3) is 4.11. The summed E-state index contributed by atoms with van der Waals surface area (Å²) < 4.78 is 10.4. The van der Waals surface area contributed by atoms with Crippen LogP contribution in [0.5, 0.6) is 5.75 Å². The maximum atomic E-state index is 12.7. The second-order valence-electron chi connectivity index (χ2n) is 6.17. The summed E-state index contributed by atoms with van der Waals surface area (Å²) in [4.78, 5) is 18.7. The lowest BCUT2D eigenvalue weighted by Gasteiger charge is -2.37. The molecule has 2 N–H and O–H groups in total. The fourth-order valence-corrected chi connectivity index (χ4v) is 3.05. The first-order valence-electron chi connectivity index (χ1n) is 8.11. The van der Waals surface area contributed by atoms with Gasteiger partial charge in [-0.2, -0.15) is 4.98 Å². The number of carbonyl (C=O) groups excluding carboxylic acids is 1. The Labute approximate surface area is 152 Å². The molecule has 3 rings (SSSR count). The fraction of sp³-hybridized carbons (Fsp3) is 0.471. The van der Waals surface area contributed by atoms with Gasteiger partial charge in [0.25, 0.3) is 17.6 Å². The maximum absolute atomic E-state index is 12.7. The average Bonchev–Trinajstić information content (AvgIpc) is 3.11. The molecule has 1 aliphatic heterocycles. The number of nitrogens with two attached hydrogens (primary N) is 1. The topological polar surface area (TPSA) is 94.5 Å². The highest BCUT2D eigenvalue weighted by Gasteiger charge is 2.32. The van der Waals surface area contributed by atoms with Gasteiger partial charge in [0.2, 0.25) is 0 Å². The standard InChI is InChI=1S/C17H22N4O3.ClH/c1-11-6-7-21(13(8-11)10-18)17(22)15-19-16(24-20-15)12-4-3-5-14(9-12)23-2;/h3-5,9,11,13H,6-8,10,18H2,1-2H3;1H. The highest BCUT2D eigenvalue weighted by atomic mass is 35.5. The summed E-state index contributed by atoms with van der Waals surface area (Å²) in [5.41, 5.74) is 6.54. The number of carbonyl (C=O) groups is 1. The lowest BCUT2D eigenvalue weighted by Crippen LogP contribution is -2.49. The van der Waals surface area contributed by atoms with Crippen LogP contribution in [0.2, 0.25) is 0 Å². The van der Waals surface area contributed by atoms with Crippen LogP contribution in [-0.4, -0.2) is 47.2 Å². The van der Waals surface area contributed by atoms with E-state index in [0.717, 1.165) is 12.8 Å². The Balaban J connectivity index is 0.00000225. The number of hydrogen-bond acceptors (Lipinski definition) is 6. The van der Waals surface area contributed by atoms with Crippen molar-refractivity contribution >= 4 is 18.3 Å². The zero-order valence-electron chi connectivity index (χ0n) is 14.3. The van der Waals surface area contributed by atoms with E-state index in [4.69, 9.17) is 15.0 Å². The van der Waals surface area contributed by atoms with Gasteiger partial charge in [-0.3, -0.25) is 4.79 Å². The van der Waals surface area contributed by atoms with Crippen molar-refractivity contribution in [2.24, 2.45) is 11.7 Å². The molecule has 25 heavy (non-hydrogen) atoms. The Bertz CT molecular complexity index is 721. The van der Waals surface area contributed by atoms with Gasteiger partial charge in [-0.05, 0) is 37.0 Å². The molecule has 1 saturated heterocycles. The minimum absolute atomic E-state index is 0. The van der Waals surface area contributed by atoms with Crippen molar-refractivity contribution in [3.63, 3.8) is 0 Å². The second kappa shape index (κ2) is 8.31. The molecule has 2 atom stereocenters. The van der Waals surface area contributed by atoms with Gasteiger partial charge in [0.05, 0.1) is 7.11 Å². The number of benzene rings is 1. The Morgan fingerprint density at radius 2 is 2.28 bits per heavy atom. The lowest BCUT2D eigenvalue weighted by atomic mass is 9.92. The van der Waals surface area contributed by atoms with Crippen molar-refractivity contribution < 1.29 is 14.1 Å². The molecule has 1 amide bonds. The lowest BCUT2D eigenvalue weighted by molar-refractivity contribution is 0.0558. The van der Waals surface area contributed by atoms with E-state index in [2.05, 4.69) is 17.1 Å². The summed E-state index contributed by atoms with van der Waals surface area (Å²) in [5, 5.41) is 3.85. The number of amides is 1. The molecule has 8 heteroatoms. The molecule has 136 valence electrons. The van der Waals surface area contributed by atoms with Crippen LogP contribution in [0.4, 0.5) is 0 Å². The van der Waals surface area contributed by atoms with E-state index >= 15 is 0 Å². The molecule has 0 spiro atoms. The number of methoxy groups -OCH3 is 1. The van der Waals surface area contributed by atoms with Crippen LogP contribution in [0, 0.1) is 5.92 Å². The van der Waals surface area contributed by atoms with Crippen molar-refractivity contribution in [2.75, 3.05) is 20.2 Å². The summed E-state index contributed by atoms with van der Waals surface area (Å²) in [7, 11) is 1.59. The Hall–Kier alpha value is -2.12. The van der Waals surface area contributed by atoms with E-state index in [1.807, 2.05) is 18.2 Å². The number of aromatic nitrogens is 2. The number of hydrogen-bond donors (Lipinski definition) is 1. The van der Waals surface area contributed by atoms with E-state index in [1.54, 1.807) is 18.1 Å². The van der Waals surface area contributed by atoms with Gasteiger partial charge in [0, 0.05) is 24.7 Å². The molecule has 0 bridgehead atoms. The number of rotatable bonds is 4. The van der Waals surface area contributed by atoms with Crippen molar-refractivity contribution in [2.45, 2.75) is 25.8 Å². The minimum Gasteiger partial charge on any atom is -0.497 e. The quantitative estimate of drug-likeness (QED) is 0.892. The summed E-state index contributed by atoms with van der Waals surface area (Å²) in [6, 6.07) is 7.30. The zero-order valence-corrected chi connectivity index (χ0v) is 15.2. The highest BCUT2D eigenvalue weighted by Crippen LogP contribution is 2.25. The van der Waals surface area contributed by atoms with E-state index in [9.17, 15) is 4.79 Å². The van der Waals surface area contributed by atoms with Crippen molar-refractivity contribution in [1.82, 2.24) is 15.0 Å². The Morgan fingerprint density at radius 1 is 1.48 bits per heavy atom. The van der Waals surface area contributed by atoms with E-state index in [1.165, 1.54) is 0 Å². The molecular weight excluding hydrogens is 344 g/mol. The monoisotopic (exact) mass is 366 g/mol.